The topological polar surface area (TPSA) is 54.5 Å². The molecule has 0 aromatic heterocycles. The lowest BCUT2D eigenvalue weighted by atomic mass is 10.1. The minimum absolute atomic E-state index is 0.0274. The van der Waals surface area contributed by atoms with Gasteiger partial charge in [0.2, 0.25) is 0 Å². The van der Waals surface area contributed by atoms with Crippen LogP contribution in [0.25, 0.3) is 0 Å². The van der Waals surface area contributed by atoms with E-state index in [2.05, 4.69) is 0 Å². The molecule has 0 N–H and O–H groups in total. The van der Waals surface area contributed by atoms with E-state index in [1.165, 1.54) is 23.9 Å². The fourth-order valence-electron chi connectivity index (χ4n) is 3.17. The number of aryl methyl sites for hydroxylation is 1. The first-order chi connectivity index (χ1) is 12.8. The molecular weight excluding hydrogens is 385 g/mol. The monoisotopic (exact) mass is 407 g/mol. The number of carbonyl (C=O) groups excluding carboxylic acids is 1. The Labute approximate surface area is 163 Å². The lowest BCUT2D eigenvalue weighted by Crippen LogP contribution is -2.31. The average Bonchev–Trinajstić information content (AvgIpc) is 2.59. The number of hydrogen-bond donors (Lipinski definition) is 0. The van der Waals surface area contributed by atoms with Crippen molar-refractivity contribution in [3.8, 4) is 0 Å². The number of rotatable bonds is 6. The van der Waals surface area contributed by atoms with Gasteiger partial charge < -0.3 is 4.90 Å². The number of anilines is 1. The van der Waals surface area contributed by atoms with E-state index in [0.29, 0.717) is 17.9 Å². The van der Waals surface area contributed by atoms with Crippen LogP contribution in [0.4, 0.5) is 14.9 Å². The van der Waals surface area contributed by atoms with Crippen molar-refractivity contribution >= 4 is 32.5 Å². The zero-order valence-corrected chi connectivity index (χ0v) is 17.0. The molecule has 1 heterocycles. The molecule has 0 saturated carbocycles. The number of hydrogen-bond acceptors (Lipinski definition) is 4. The van der Waals surface area contributed by atoms with Gasteiger partial charge >= 0.3 is 0 Å². The van der Waals surface area contributed by atoms with Crippen molar-refractivity contribution in [2.24, 2.45) is 0 Å². The summed E-state index contributed by atoms with van der Waals surface area (Å²) in [5.41, 5.74) is 3.42. The van der Waals surface area contributed by atoms with Gasteiger partial charge in [-0.3, -0.25) is 4.79 Å². The molecule has 7 heteroatoms. The van der Waals surface area contributed by atoms with Crippen LogP contribution in [0.1, 0.15) is 35.6 Å². The Balaban J connectivity index is 1.80. The van der Waals surface area contributed by atoms with Crippen LogP contribution in [0, 0.1) is 12.7 Å². The molecule has 0 aliphatic carbocycles. The SMILES string of the molecule is CCCN1C(=O)SCc2cc(CS(=O)(=O)Cc3ccc(C)cc3F)ccc21. The summed E-state index contributed by atoms with van der Waals surface area (Å²) in [5.74, 6) is -0.436. The van der Waals surface area contributed by atoms with Gasteiger partial charge in [0.1, 0.15) is 5.82 Å². The number of thioether (sulfide) groups is 1. The molecule has 0 saturated heterocycles. The van der Waals surface area contributed by atoms with E-state index in [1.807, 2.05) is 19.1 Å². The first kappa shape index (κ1) is 19.9. The molecule has 0 fully saturated rings. The predicted molar refractivity (Wildman–Crippen MR) is 108 cm³/mol. The molecule has 1 aliphatic heterocycles. The number of carbonyl (C=O) groups is 1. The third kappa shape index (κ3) is 4.71. The van der Waals surface area contributed by atoms with Crippen molar-refractivity contribution < 1.29 is 17.6 Å². The molecule has 3 rings (SSSR count). The van der Waals surface area contributed by atoms with Crippen LogP contribution in [0.2, 0.25) is 0 Å². The lowest BCUT2D eigenvalue weighted by molar-refractivity contribution is 0.264. The number of nitrogens with zero attached hydrogens (tertiary/aromatic N) is 1. The van der Waals surface area contributed by atoms with Gasteiger partial charge in [0.25, 0.3) is 5.24 Å². The molecule has 1 aliphatic rings. The fraction of sp³-hybridized carbons (Fsp3) is 0.350. The molecule has 0 atom stereocenters. The van der Waals surface area contributed by atoms with E-state index >= 15 is 0 Å². The van der Waals surface area contributed by atoms with Gasteiger partial charge in [0.15, 0.2) is 9.84 Å². The summed E-state index contributed by atoms with van der Waals surface area (Å²) >= 11 is 1.23. The van der Waals surface area contributed by atoms with E-state index in [9.17, 15) is 17.6 Å². The second-order valence-electron chi connectivity index (χ2n) is 6.80. The maximum Gasteiger partial charge on any atom is 0.286 e. The Hall–Kier alpha value is -1.86. The first-order valence-electron chi connectivity index (χ1n) is 8.80. The summed E-state index contributed by atoms with van der Waals surface area (Å²) in [6.07, 6.45) is 0.851. The molecule has 0 spiro atoms. The van der Waals surface area contributed by atoms with Crippen molar-refractivity contribution in [1.29, 1.82) is 0 Å². The fourth-order valence-corrected chi connectivity index (χ4v) is 5.52. The van der Waals surface area contributed by atoms with Gasteiger partial charge in [-0.2, -0.15) is 0 Å². The van der Waals surface area contributed by atoms with Crippen molar-refractivity contribution in [2.75, 3.05) is 11.4 Å². The standard InChI is InChI=1S/C20H22FNO3S2/c1-3-8-22-19-7-5-15(10-17(19)11-26-20(22)23)12-27(24,25)13-16-6-4-14(2)9-18(16)21/h4-7,9-10H,3,8,11-13H2,1-2H3. The molecule has 1 amide bonds. The number of halogens is 1. The lowest BCUT2D eigenvalue weighted by Gasteiger charge is -2.28. The van der Waals surface area contributed by atoms with Gasteiger partial charge in [-0.15, -0.1) is 0 Å². The second kappa shape index (κ2) is 8.02. The number of sulfone groups is 1. The van der Waals surface area contributed by atoms with E-state index in [4.69, 9.17) is 0 Å². The first-order valence-corrected chi connectivity index (χ1v) is 11.6. The van der Waals surface area contributed by atoms with Crippen LogP contribution in [-0.4, -0.2) is 20.2 Å². The molecule has 4 nitrogen and oxygen atoms in total. The van der Waals surface area contributed by atoms with E-state index in [0.717, 1.165) is 23.2 Å². The van der Waals surface area contributed by atoms with E-state index < -0.39 is 15.7 Å². The largest absolute Gasteiger partial charge is 0.303 e. The minimum Gasteiger partial charge on any atom is -0.303 e. The minimum atomic E-state index is -3.51. The highest BCUT2D eigenvalue weighted by Crippen LogP contribution is 2.34. The molecule has 0 radical (unpaired) electrons. The molecule has 27 heavy (non-hydrogen) atoms. The molecule has 2 aromatic rings. The summed E-state index contributed by atoms with van der Waals surface area (Å²) < 4.78 is 39.1. The quantitative estimate of drug-likeness (QED) is 0.688. The Morgan fingerprint density at radius 3 is 2.63 bits per heavy atom. The molecule has 0 unspecified atom stereocenters. The van der Waals surface area contributed by atoms with Crippen LogP contribution < -0.4 is 4.90 Å². The van der Waals surface area contributed by atoms with Gasteiger partial charge in [0, 0.05) is 23.5 Å². The molecule has 2 aromatic carbocycles. The summed E-state index contributed by atoms with van der Waals surface area (Å²) in [6.45, 7) is 4.42. The maximum atomic E-state index is 14.0. The number of amides is 1. The predicted octanol–water partition coefficient (Wildman–Crippen LogP) is 4.83. The normalized spacial score (nSPS) is 14.3. The van der Waals surface area contributed by atoms with Gasteiger partial charge in [-0.1, -0.05) is 43.0 Å². The van der Waals surface area contributed by atoms with Crippen LogP contribution >= 0.6 is 11.8 Å². The highest BCUT2D eigenvalue weighted by molar-refractivity contribution is 8.13. The Morgan fingerprint density at radius 1 is 1.15 bits per heavy atom. The Bertz CT molecular complexity index is 973. The highest BCUT2D eigenvalue weighted by Gasteiger charge is 2.25. The van der Waals surface area contributed by atoms with Crippen molar-refractivity contribution in [1.82, 2.24) is 0 Å². The number of benzene rings is 2. The summed E-state index contributed by atoms with van der Waals surface area (Å²) in [7, 11) is -3.51. The third-order valence-corrected chi connectivity index (χ3v) is 6.87. The summed E-state index contributed by atoms with van der Waals surface area (Å²) in [4.78, 5) is 13.8. The second-order valence-corrected chi connectivity index (χ2v) is 9.79. The van der Waals surface area contributed by atoms with Crippen LogP contribution in [0.3, 0.4) is 0 Å². The third-order valence-electron chi connectivity index (χ3n) is 4.42. The van der Waals surface area contributed by atoms with Crippen LogP contribution in [-0.2, 0) is 27.1 Å². The van der Waals surface area contributed by atoms with Gasteiger partial charge in [-0.05, 0) is 42.2 Å². The molecular formula is C20H22FNO3S2. The van der Waals surface area contributed by atoms with Gasteiger partial charge in [-0.25, -0.2) is 12.8 Å². The van der Waals surface area contributed by atoms with E-state index in [-0.39, 0.29) is 22.3 Å². The zero-order valence-electron chi connectivity index (χ0n) is 15.4. The molecule has 0 bridgehead atoms. The summed E-state index contributed by atoms with van der Waals surface area (Å²) in [5, 5.41) is 0.0274. The average molecular weight is 408 g/mol. The number of fused-ring (bicyclic) bond motifs is 1. The van der Waals surface area contributed by atoms with Crippen LogP contribution in [0.15, 0.2) is 36.4 Å². The van der Waals surface area contributed by atoms with Crippen molar-refractivity contribution in [2.45, 2.75) is 37.5 Å². The highest BCUT2D eigenvalue weighted by atomic mass is 32.2. The van der Waals surface area contributed by atoms with Crippen molar-refractivity contribution in [3.05, 3.63) is 64.5 Å². The zero-order chi connectivity index (χ0) is 19.6. The molecule has 144 valence electrons. The van der Waals surface area contributed by atoms with E-state index in [1.54, 1.807) is 24.0 Å². The smallest absolute Gasteiger partial charge is 0.286 e. The van der Waals surface area contributed by atoms with Crippen molar-refractivity contribution in [3.63, 3.8) is 0 Å². The Kier molecular flexibility index (Phi) is 5.91. The summed E-state index contributed by atoms with van der Waals surface area (Å²) in [6, 6.07) is 10.00. The maximum absolute atomic E-state index is 14.0. The van der Waals surface area contributed by atoms with Gasteiger partial charge in [0.05, 0.1) is 11.5 Å². The Morgan fingerprint density at radius 2 is 1.93 bits per heavy atom. The van der Waals surface area contributed by atoms with Crippen LogP contribution in [0.5, 0.6) is 0 Å².